The molecule has 2 aromatic rings. The van der Waals surface area contributed by atoms with Crippen LogP contribution in [0.4, 0.5) is 13.2 Å². The maximum atomic E-state index is 13.0. The molecular formula is C20H23F3N2O3S. The Hall–Kier alpha value is -2.39. The van der Waals surface area contributed by atoms with E-state index in [9.17, 15) is 18.0 Å². The highest BCUT2D eigenvalue weighted by Crippen LogP contribution is 2.36. The second kappa shape index (κ2) is 9.89. The first-order chi connectivity index (χ1) is 13.6. The van der Waals surface area contributed by atoms with Gasteiger partial charge in [0.05, 0.1) is 12.0 Å². The number of hydrogen-bond acceptors (Lipinski definition) is 4. The van der Waals surface area contributed by atoms with Crippen LogP contribution in [0.1, 0.15) is 40.8 Å². The van der Waals surface area contributed by atoms with Gasteiger partial charge in [0.2, 0.25) is 5.91 Å². The smallest absolute Gasteiger partial charge is 0.475 e. The van der Waals surface area contributed by atoms with Crippen molar-refractivity contribution >= 4 is 23.2 Å². The molecule has 9 heteroatoms. The summed E-state index contributed by atoms with van der Waals surface area (Å²) in [6.45, 7) is 3.24. The molecule has 0 radical (unpaired) electrons. The average molecular weight is 428 g/mol. The molecule has 1 aliphatic heterocycles. The van der Waals surface area contributed by atoms with Gasteiger partial charge in [0.1, 0.15) is 0 Å². The Labute approximate surface area is 170 Å². The van der Waals surface area contributed by atoms with Gasteiger partial charge in [0.25, 0.3) is 0 Å². The van der Waals surface area contributed by atoms with Crippen molar-refractivity contribution in [3.8, 4) is 0 Å². The van der Waals surface area contributed by atoms with Gasteiger partial charge in [-0.3, -0.25) is 4.79 Å². The minimum atomic E-state index is -5.08. The molecule has 3 rings (SSSR count). The number of benzene rings is 1. The molecule has 5 nitrogen and oxygen atoms in total. The molecule has 0 bridgehead atoms. The number of carboxylic acid groups (broad SMARTS) is 1. The molecule has 0 aliphatic carbocycles. The van der Waals surface area contributed by atoms with Crippen molar-refractivity contribution < 1.29 is 27.9 Å². The lowest BCUT2D eigenvalue weighted by atomic mass is 9.95. The molecule has 1 aliphatic rings. The van der Waals surface area contributed by atoms with Gasteiger partial charge in [0.15, 0.2) is 0 Å². The van der Waals surface area contributed by atoms with E-state index >= 15 is 0 Å². The monoisotopic (exact) mass is 428 g/mol. The largest absolute Gasteiger partial charge is 0.490 e. The molecule has 2 atom stereocenters. The summed E-state index contributed by atoms with van der Waals surface area (Å²) in [6, 6.07) is 12.6. The van der Waals surface area contributed by atoms with Gasteiger partial charge in [-0.05, 0) is 36.8 Å². The summed E-state index contributed by atoms with van der Waals surface area (Å²) < 4.78 is 31.7. The summed E-state index contributed by atoms with van der Waals surface area (Å²) in [5.74, 6) is -2.82. The van der Waals surface area contributed by atoms with Crippen LogP contribution in [-0.2, 0) is 9.59 Å². The molecule has 0 spiro atoms. The highest BCUT2D eigenvalue weighted by Gasteiger charge is 2.38. The van der Waals surface area contributed by atoms with E-state index in [4.69, 9.17) is 15.6 Å². The van der Waals surface area contributed by atoms with Gasteiger partial charge < -0.3 is 15.7 Å². The van der Waals surface area contributed by atoms with E-state index in [1.807, 2.05) is 30.0 Å². The highest BCUT2D eigenvalue weighted by molar-refractivity contribution is 7.10. The summed E-state index contributed by atoms with van der Waals surface area (Å²) >= 11 is 1.73. The number of carbonyl (C=O) groups excluding carboxylic acids is 1. The van der Waals surface area contributed by atoms with E-state index < -0.39 is 12.1 Å². The molecule has 3 N–H and O–H groups in total. The Morgan fingerprint density at radius 3 is 2.52 bits per heavy atom. The predicted octanol–water partition coefficient (Wildman–Crippen LogP) is 4.10. The third-order valence-electron chi connectivity index (χ3n) is 4.63. The third-order valence-corrected chi connectivity index (χ3v) is 5.60. The van der Waals surface area contributed by atoms with Crippen molar-refractivity contribution in [1.82, 2.24) is 4.90 Å². The zero-order chi connectivity index (χ0) is 21.6. The van der Waals surface area contributed by atoms with Crippen molar-refractivity contribution in [1.29, 1.82) is 0 Å². The highest BCUT2D eigenvalue weighted by atomic mass is 32.1. The molecule has 1 fully saturated rings. The number of rotatable bonds is 4. The van der Waals surface area contributed by atoms with E-state index in [0.717, 1.165) is 24.9 Å². The number of carboxylic acids is 1. The van der Waals surface area contributed by atoms with Crippen molar-refractivity contribution in [3.63, 3.8) is 0 Å². The van der Waals surface area contributed by atoms with Crippen LogP contribution >= 0.6 is 11.3 Å². The first-order valence-electron chi connectivity index (χ1n) is 9.05. The molecular weight excluding hydrogens is 405 g/mol. The number of aliphatic carboxylic acids is 1. The number of aryl methyl sites for hydroxylation is 1. The number of thiophene rings is 1. The lowest BCUT2D eigenvalue weighted by molar-refractivity contribution is -0.192. The number of halogens is 3. The van der Waals surface area contributed by atoms with Gasteiger partial charge in [-0.2, -0.15) is 13.2 Å². The van der Waals surface area contributed by atoms with Crippen molar-refractivity contribution in [2.45, 2.75) is 37.9 Å². The maximum Gasteiger partial charge on any atom is 0.490 e. The third kappa shape index (κ3) is 6.04. The first-order valence-corrected chi connectivity index (χ1v) is 9.93. The molecule has 1 amide bonds. The first kappa shape index (κ1) is 22.9. The van der Waals surface area contributed by atoms with Gasteiger partial charge in [-0.15, -0.1) is 11.3 Å². The summed E-state index contributed by atoms with van der Waals surface area (Å²) in [6.07, 6.45) is -2.96. The molecule has 158 valence electrons. The van der Waals surface area contributed by atoms with Crippen molar-refractivity contribution in [2.24, 2.45) is 5.73 Å². The average Bonchev–Trinajstić information content (AvgIpc) is 3.33. The Morgan fingerprint density at radius 1 is 1.31 bits per heavy atom. The molecule has 2 heterocycles. The Kier molecular flexibility index (Phi) is 7.80. The minimum absolute atomic E-state index is 0.170. The Balaban J connectivity index is 0.000000370. The molecule has 1 saturated heterocycles. The number of likely N-dealkylation sites (tertiary alicyclic amines) is 1. The van der Waals surface area contributed by atoms with Crippen molar-refractivity contribution in [3.05, 3.63) is 57.8 Å². The number of carbonyl (C=O) groups is 2. The molecule has 2 unspecified atom stereocenters. The Morgan fingerprint density at radius 2 is 2.00 bits per heavy atom. The van der Waals surface area contributed by atoms with E-state index in [-0.39, 0.29) is 17.9 Å². The number of amides is 1. The SMILES string of the molecule is Cc1cccc(C(CN)C(=O)N2CCCC2c2cccs2)c1.O=C(O)C(F)(F)F. The summed E-state index contributed by atoms with van der Waals surface area (Å²) in [4.78, 5) is 25.3. The summed E-state index contributed by atoms with van der Waals surface area (Å²) in [7, 11) is 0. The fraction of sp³-hybridized carbons (Fsp3) is 0.400. The zero-order valence-corrected chi connectivity index (χ0v) is 16.7. The van der Waals surface area contributed by atoms with E-state index in [1.54, 1.807) is 11.3 Å². The van der Waals surface area contributed by atoms with Crippen LogP contribution < -0.4 is 5.73 Å². The predicted molar refractivity (Wildman–Crippen MR) is 105 cm³/mol. The van der Waals surface area contributed by atoms with Gasteiger partial charge in [-0.25, -0.2) is 4.79 Å². The van der Waals surface area contributed by atoms with Crippen LogP contribution in [0.15, 0.2) is 41.8 Å². The second-order valence-corrected chi connectivity index (χ2v) is 7.69. The van der Waals surface area contributed by atoms with E-state index in [2.05, 4.69) is 23.6 Å². The molecule has 1 aromatic carbocycles. The minimum Gasteiger partial charge on any atom is -0.475 e. The maximum absolute atomic E-state index is 13.0. The van der Waals surface area contributed by atoms with E-state index in [1.165, 1.54) is 10.4 Å². The van der Waals surface area contributed by atoms with Crippen LogP contribution in [-0.4, -0.2) is 41.1 Å². The van der Waals surface area contributed by atoms with E-state index in [0.29, 0.717) is 6.54 Å². The number of nitrogens with two attached hydrogens (primary N) is 1. The topological polar surface area (TPSA) is 83.6 Å². The molecule has 1 aromatic heterocycles. The lowest BCUT2D eigenvalue weighted by Crippen LogP contribution is -2.37. The zero-order valence-electron chi connectivity index (χ0n) is 15.9. The quantitative estimate of drug-likeness (QED) is 0.768. The van der Waals surface area contributed by atoms with Gasteiger partial charge in [-0.1, -0.05) is 35.9 Å². The standard InChI is InChI=1S/C18H22N2OS.C2HF3O2/c1-13-5-2-6-14(11-13)15(12-19)18(21)20-9-3-7-16(20)17-8-4-10-22-17;3-2(4,5)1(6)7/h2,4-6,8,10-11,15-16H,3,7,9,12,19H2,1H3;(H,6,7). The normalized spacial score (nSPS) is 17.4. The van der Waals surface area contributed by atoms with Crippen LogP contribution in [0.5, 0.6) is 0 Å². The Bertz CT molecular complexity index is 825. The van der Waals surface area contributed by atoms with Crippen molar-refractivity contribution in [2.75, 3.05) is 13.1 Å². The fourth-order valence-electron chi connectivity index (χ4n) is 3.27. The number of hydrogen-bond donors (Lipinski definition) is 2. The van der Waals surface area contributed by atoms with Crippen LogP contribution in [0.3, 0.4) is 0 Å². The molecule has 29 heavy (non-hydrogen) atoms. The fourth-order valence-corrected chi connectivity index (χ4v) is 4.15. The van der Waals surface area contributed by atoms with Gasteiger partial charge >= 0.3 is 12.1 Å². The van der Waals surface area contributed by atoms with Crippen LogP contribution in [0.2, 0.25) is 0 Å². The van der Waals surface area contributed by atoms with Gasteiger partial charge in [0, 0.05) is 18.0 Å². The number of alkyl halides is 3. The summed E-state index contributed by atoms with van der Waals surface area (Å²) in [5, 5.41) is 9.21. The number of nitrogens with zero attached hydrogens (tertiary/aromatic N) is 1. The molecule has 0 saturated carbocycles. The van der Waals surface area contributed by atoms with Crippen LogP contribution in [0, 0.1) is 6.92 Å². The summed E-state index contributed by atoms with van der Waals surface area (Å²) in [5.41, 5.74) is 8.14. The second-order valence-electron chi connectivity index (χ2n) is 6.71. The lowest BCUT2D eigenvalue weighted by Gasteiger charge is -2.28. The van der Waals surface area contributed by atoms with Crippen LogP contribution in [0.25, 0.3) is 0 Å².